The van der Waals surface area contributed by atoms with Crippen molar-refractivity contribution in [1.29, 1.82) is 0 Å². The molecule has 0 bridgehead atoms. The van der Waals surface area contributed by atoms with Gasteiger partial charge in [-0.1, -0.05) is 11.2 Å². The van der Waals surface area contributed by atoms with Crippen molar-refractivity contribution < 1.29 is 22.8 Å². The normalized spacial score (nSPS) is 21.9. The second-order valence-electron chi connectivity index (χ2n) is 5.78. The minimum absolute atomic E-state index is 0.00769. The highest BCUT2D eigenvalue weighted by Gasteiger charge is 2.45. The predicted octanol–water partition coefficient (Wildman–Crippen LogP) is 1.18. The van der Waals surface area contributed by atoms with Crippen LogP contribution in [0, 0.1) is 19.8 Å². The van der Waals surface area contributed by atoms with Crippen LogP contribution in [0.15, 0.2) is 33.8 Å². The van der Waals surface area contributed by atoms with E-state index < -0.39 is 27.8 Å². The predicted molar refractivity (Wildman–Crippen MR) is 82.8 cm³/mol. The first-order valence-electron chi connectivity index (χ1n) is 7.39. The Balaban J connectivity index is 1.98. The highest BCUT2D eigenvalue weighted by Crippen LogP contribution is 2.36. The number of pyridine rings is 1. The summed E-state index contributed by atoms with van der Waals surface area (Å²) in [6.45, 7) is 3.02. The summed E-state index contributed by atoms with van der Waals surface area (Å²) in [5, 5.41) is 13.2. The molecule has 0 aromatic carbocycles. The fraction of sp³-hybridized carbons (Fsp3) is 0.400. The van der Waals surface area contributed by atoms with Crippen LogP contribution in [0.25, 0.3) is 0 Å². The van der Waals surface area contributed by atoms with E-state index in [0.717, 1.165) is 0 Å². The molecule has 0 saturated carbocycles. The number of sulfonamides is 1. The molecule has 1 N–H and O–H groups in total. The molecule has 2 aromatic heterocycles. The van der Waals surface area contributed by atoms with Crippen molar-refractivity contribution in [3.8, 4) is 0 Å². The van der Waals surface area contributed by atoms with E-state index in [-0.39, 0.29) is 29.4 Å². The fourth-order valence-corrected chi connectivity index (χ4v) is 4.86. The Hall–Kier alpha value is -2.26. The average Bonchev–Trinajstić information content (AvgIpc) is 3.13. The van der Waals surface area contributed by atoms with Crippen LogP contribution in [0.5, 0.6) is 0 Å². The maximum absolute atomic E-state index is 12.9. The molecule has 0 spiro atoms. The molecule has 3 rings (SSSR count). The molecule has 9 heteroatoms. The van der Waals surface area contributed by atoms with Gasteiger partial charge in [-0.25, -0.2) is 8.42 Å². The number of carboxylic acid groups (broad SMARTS) is 1. The summed E-state index contributed by atoms with van der Waals surface area (Å²) >= 11 is 0. The molecule has 2 aromatic rings. The molecule has 0 aliphatic carbocycles. The lowest BCUT2D eigenvalue weighted by molar-refractivity contribution is -0.141. The average molecular weight is 351 g/mol. The van der Waals surface area contributed by atoms with Crippen LogP contribution in [-0.2, 0) is 14.8 Å². The van der Waals surface area contributed by atoms with E-state index in [1.54, 1.807) is 31.3 Å². The molecule has 1 aliphatic heterocycles. The van der Waals surface area contributed by atoms with Crippen LogP contribution in [-0.4, -0.2) is 47.0 Å². The molecule has 0 unspecified atom stereocenters. The van der Waals surface area contributed by atoms with E-state index >= 15 is 0 Å². The fourth-order valence-electron chi connectivity index (χ4n) is 3.08. The first kappa shape index (κ1) is 16.6. The van der Waals surface area contributed by atoms with E-state index in [2.05, 4.69) is 10.1 Å². The summed E-state index contributed by atoms with van der Waals surface area (Å²) in [5.74, 6) is -2.20. The molecule has 2 atom stereocenters. The third-order valence-electron chi connectivity index (χ3n) is 4.24. The summed E-state index contributed by atoms with van der Waals surface area (Å²) in [6.07, 6.45) is 1.57. The van der Waals surface area contributed by atoms with Gasteiger partial charge in [0, 0.05) is 30.9 Å². The Kier molecular flexibility index (Phi) is 4.14. The minimum atomic E-state index is -3.88. The Morgan fingerprint density at radius 3 is 2.62 bits per heavy atom. The van der Waals surface area contributed by atoms with E-state index in [9.17, 15) is 18.3 Å². The third kappa shape index (κ3) is 2.69. The lowest BCUT2D eigenvalue weighted by Gasteiger charge is -2.16. The van der Waals surface area contributed by atoms with Crippen LogP contribution in [0.4, 0.5) is 0 Å². The number of carboxylic acids is 1. The second kappa shape index (κ2) is 5.99. The number of nitrogens with zero attached hydrogens (tertiary/aromatic N) is 3. The number of carbonyl (C=O) groups is 1. The largest absolute Gasteiger partial charge is 0.481 e. The number of hydrogen-bond acceptors (Lipinski definition) is 6. The molecule has 128 valence electrons. The van der Waals surface area contributed by atoms with E-state index in [1.807, 2.05) is 0 Å². The van der Waals surface area contributed by atoms with E-state index in [0.29, 0.717) is 5.69 Å². The first-order chi connectivity index (χ1) is 11.3. The zero-order valence-corrected chi connectivity index (χ0v) is 14.0. The number of aliphatic carboxylic acids is 1. The zero-order chi connectivity index (χ0) is 17.5. The van der Waals surface area contributed by atoms with Gasteiger partial charge >= 0.3 is 5.97 Å². The standard InChI is InChI=1S/C15H17N3O5S/c1-9-14(10(2)23-17-9)24(21,22)18-7-11(12(8-18)15(19)20)13-5-3-4-6-16-13/h3-6,11-12H,7-8H2,1-2H3,(H,19,20)/t11-,12-/m0/s1. The van der Waals surface area contributed by atoms with Gasteiger partial charge in [-0.2, -0.15) is 4.31 Å². The second-order valence-corrected chi connectivity index (χ2v) is 7.66. The number of rotatable bonds is 4. The Labute approximate surface area is 139 Å². The molecule has 1 saturated heterocycles. The maximum Gasteiger partial charge on any atom is 0.308 e. The van der Waals surface area contributed by atoms with Crippen LogP contribution in [0.3, 0.4) is 0 Å². The van der Waals surface area contributed by atoms with Crippen molar-refractivity contribution in [1.82, 2.24) is 14.4 Å². The van der Waals surface area contributed by atoms with Crippen LogP contribution >= 0.6 is 0 Å². The molecule has 1 aliphatic rings. The zero-order valence-electron chi connectivity index (χ0n) is 13.2. The SMILES string of the molecule is Cc1noc(C)c1S(=O)(=O)N1C[C@H](C(=O)O)[C@@H](c2ccccn2)C1. The molecular weight excluding hydrogens is 334 g/mol. The lowest BCUT2D eigenvalue weighted by Crippen LogP contribution is -2.30. The molecule has 1 fully saturated rings. The van der Waals surface area contributed by atoms with Crippen LogP contribution < -0.4 is 0 Å². The Morgan fingerprint density at radius 1 is 1.33 bits per heavy atom. The minimum Gasteiger partial charge on any atom is -0.481 e. The van der Waals surface area contributed by atoms with Crippen molar-refractivity contribution in [2.24, 2.45) is 5.92 Å². The third-order valence-corrected chi connectivity index (χ3v) is 6.31. The van der Waals surface area contributed by atoms with Crippen molar-refractivity contribution in [3.05, 3.63) is 41.5 Å². The first-order valence-corrected chi connectivity index (χ1v) is 8.83. The van der Waals surface area contributed by atoms with Crippen LogP contribution in [0.2, 0.25) is 0 Å². The summed E-state index contributed by atoms with van der Waals surface area (Å²) in [7, 11) is -3.88. The van der Waals surface area contributed by atoms with Crippen molar-refractivity contribution in [2.45, 2.75) is 24.7 Å². The molecular formula is C15H17N3O5S. The van der Waals surface area contributed by atoms with E-state index in [4.69, 9.17) is 4.52 Å². The van der Waals surface area contributed by atoms with E-state index in [1.165, 1.54) is 11.2 Å². The van der Waals surface area contributed by atoms with Gasteiger partial charge in [-0.05, 0) is 26.0 Å². The van der Waals surface area contributed by atoms with Gasteiger partial charge in [0.15, 0.2) is 5.76 Å². The van der Waals surface area contributed by atoms with Gasteiger partial charge in [-0.3, -0.25) is 9.78 Å². The van der Waals surface area contributed by atoms with Gasteiger partial charge < -0.3 is 9.63 Å². The van der Waals surface area contributed by atoms with Crippen molar-refractivity contribution in [2.75, 3.05) is 13.1 Å². The number of hydrogen-bond donors (Lipinski definition) is 1. The Bertz CT molecular complexity index is 843. The van der Waals surface area contributed by atoms with Gasteiger partial charge in [0.1, 0.15) is 10.6 Å². The topological polar surface area (TPSA) is 114 Å². The lowest BCUT2D eigenvalue weighted by atomic mass is 9.93. The summed E-state index contributed by atoms with van der Waals surface area (Å²) < 4.78 is 31.9. The summed E-state index contributed by atoms with van der Waals surface area (Å²) in [4.78, 5) is 15.8. The molecule has 24 heavy (non-hydrogen) atoms. The summed E-state index contributed by atoms with van der Waals surface area (Å²) in [5.41, 5.74) is 0.835. The van der Waals surface area contributed by atoms with Crippen molar-refractivity contribution >= 4 is 16.0 Å². The smallest absolute Gasteiger partial charge is 0.308 e. The molecule has 8 nitrogen and oxygen atoms in total. The van der Waals surface area contributed by atoms with Gasteiger partial charge in [0.05, 0.1) is 5.92 Å². The molecule has 0 amide bonds. The number of aromatic nitrogens is 2. The monoisotopic (exact) mass is 351 g/mol. The van der Waals surface area contributed by atoms with Gasteiger partial charge in [0.2, 0.25) is 10.0 Å². The van der Waals surface area contributed by atoms with Crippen molar-refractivity contribution in [3.63, 3.8) is 0 Å². The maximum atomic E-state index is 12.9. The van der Waals surface area contributed by atoms with Gasteiger partial charge in [-0.15, -0.1) is 0 Å². The molecule has 3 heterocycles. The summed E-state index contributed by atoms with van der Waals surface area (Å²) in [6, 6.07) is 5.20. The Morgan fingerprint density at radius 2 is 2.08 bits per heavy atom. The van der Waals surface area contributed by atoms with Gasteiger partial charge in [0.25, 0.3) is 0 Å². The highest BCUT2D eigenvalue weighted by atomic mass is 32.2. The molecule has 0 radical (unpaired) electrons. The van der Waals surface area contributed by atoms with Crippen LogP contribution in [0.1, 0.15) is 23.1 Å². The quantitative estimate of drug-likeness (QED) is 0.879. The number of aryl methyl sites for hydroxylation is 2. The highest BCUT2D eigenvalue weighted by molar-refractivity contribution is 7.89.